The first-order chi connectivity index (χ1) is 7.84. The van der Waals surface area contributed by atoms with E-state index in [1.807, 2.05) is 0 Å². The van der Waals surface area contributed by atoms with Crippen LogP contribution in [0.15, 0.2) is 16.6 Å². The Labute approximate surface area is 108 Å². The predicted molar refractivity (Wildman–Crippen MR) is 70.1 cm³/mol. The molecule has 0 fully saturated rings. The lowest BCUT2D eigenvalue weighted by Gasteiger charge is -2.22. The highest BCUT2D eigenvalue weighted by atomic mass is 79.9. The van der Waals surface area contributed by atoms with E-state index in [0.29, 0.717) is 17.8 Å². The van der Waals surface area contributed by atoms with Crippen molar-refractivity contribution in [3.8, 4) is 0 Å². The summed E-state index contributed by atoms with van der Waals surface area (Å²) in [5, 5.41) is 16.5. The van der Waals surface area contributed by atoms with Gasteiger partial charge < -0.3 is 15.7 Å². The number of aliphatic hydroxyl groups excluding tert-OH is 1. The average molecular weight is 304 g/mol. The van der Waals surface area contributed by atoms with Crippen molar-refractivity contribution in [1.29, 1.82) is 5.41 Å². The third-order valence-corrected chi connectivity index (χ3v) is 3.08. The minimum absolute atomic E-state index is 0.167. The first-order valence-electron chi connectivity index (χ1n) is 5.06. The van der Waals surface area contributed by atoms with E-state index in [-0.39, 0.29) is 10.3 Å². The highest BCUT2D eigenvalue weighted by molar-refractivity contribution is 9.10. The molecule has 0 aromatic heterocycles. The Kier molecular flexibility index (Phi) is 4.47. The number of hydrogen-bond acceptors (Lipinski definition) is 3. The van der Waals surface area contributed by atoms with Crippen LogP contribution in [0.5, 0.6) is 0 Å². The van der Waals surface area contributed by atoms with Gasteiger partial charge in [-0.25, -0.2) is 4.39 Å². The van der Waals surface area contributed by atoms with E-state index >= 15 is 0 Å². The van der Waals surface area contributed by atoms with Crippen molar-refractivity contribution in [2.24, 2.45) is 5.73 Å². The molecule has 0 aliphatic heterocycles. The van der Waals surface area contributed by atoms with Crippen LogP contribution in [0.1, 0.15) is 12.5 Å². The lowest BCUT2D eigenvalue weighted by molar-refractivity contribution is 0.201. The van der Waals surface area contributed by atoms with Gasteiger partial charge in [-0.2, -0.15) is 0 Å². The summed E-state index contributed by atoms with van der Waals surface area (Å²) in [7, 11) is 1.69. The lowest BCUT2D eigenvalue weighted by Crippen LogP contribution is -2.28. The molecule has 0 heterocycles. The van der Waals surface area contributed by atoms with E-state index in [2.05, 4.69) is 15.9 Å². The van der Waals surface area contributed by atoms with Crippen molar-refractivity contribution in [3.05, 3.63) is 28.0 Å². The third-order valence-electron chi connectivity index (χ3n) is 2.30. The van der Waals surface area contributed by atoms with Gasteiger partial charge in [-0.1, -0.05) is 0 Å². The zero-order valence-electron chi connectivity index (χ0n) is 9.67. The number of anilines is 1. The molecule has 1 rings (SSSR count). The Hall–Kier alpha value is -1.14. The average Bonchev–Trinajstić information content (AvgIpc) is 2.20. The zero-order chi connectivity index (χ0) is 13.2. The number of nitrogens with zero attached hydrogens (tertiary/aromatic N) is 1. The number of aliphatic hydroxyl groups is 1. The maximum Gasteiger partial charge on any atom is 0.161 e. The first-order valence-corrected chi connectivity index (χ1v) is 5.85. The molecule has 0 bridgehead atoms. The largest absolute Gasteiger partial charge is 0.392 e. The Morgan fingerprint density at radius 2 is 2.24 bits per heavy atom. The molecule has 0 saturated carbocycles. The Morgan fingerprint density at radius 1 is 1.65 bits per heavy atom. The van der Waals surface area contributed by atoms with E-state index in [0.717, 1.165) is 0 Å². The maximum absolute atomic E-state index is 14.0. The molecule has 0 amide bonds. The number of hydrogen-bond donors (Lipinski definition) is 3. The topological polar surface area (TPSA) is 73.3 Å². The van der Waals surface area contributed by atoms with Crippen molar-refractivity contribution in [1.82, 2.24) is 0 Å². The molecular weight excluding hydrogens is 289 g/mol. The van der Waals surface area contributed by atoms with Crippen molar-refractivity contribution >= 4 is 27.5 Å². The van der Waals surface area contributed by atoms with Crippen LogP contribution in [0.2, 0.25) is 0 Å². The molecule has 1 aromatic rings. The summed E-state index contributed by atoms with van der Waals surface area (Å²) in [5.74, 6) is -0.679. The minimum Gasteiger partial charge on any atom is -0.392 e. The smallest absolute Gasteiger partial charge is 0.161 e. The highest BCUT2D eigenvalue weighted by Crippen LogP contribution is 2.28. The molecule has 0 saturated heterocycles. The standard InChI is InChI=1S/C11H15BrFN3O/c1-6(17)5-16(2)8-4-3-7(11(14)15)9(12)10(8)13/h3-4,6,17H,5H2,1-2H3,(H3,14,15). The van der Waals surface area contributed by atoms with Crippen LogP contribution in [0.4, 0.5) is 10.1 Å². The summed E-state index contributed by atoms with van der Waals surface area (Å²) in [5.41, 5.74) is 5.99. The second kappa shape index (κ2) is 5.46. The number of likely N-dealkylation sites (N-methyl/N-ethyl adjacent to an activating group) is 1. The van der Waals surface area contributed by atoms with Crippen molar-refractivity contribution < 1.29 is 9.50 Å². The number of nitrogens with one attached hydrogen (secondary N) is 1. The van der Waals surface area contributed by atoms with E-state index in [4.69, 9.17) is 11.1 Å². The molecule has 0 aliphatic rings. The van der Waals surface area contributed by atoms with Crippen LogP contribution in [-0.2, 0) is 0 Å². The third kappa shape index (κ3) is 3.17. The fourth-order valence-corrected chi connectivity index (χ4v) is 2.09. The van der Waals surface area contributed by atoms with Gasteiger partial charge >= 0.3 is 0 Å². The number of nitrogens with two attached hydrogens (primary N) is 1. The van der Waals surface area contributed by atoms with Crippen LogP contribution in [-0.4, -0.2) is 30.6 Å². The molecule has 0 radical (unpaired) electrons. The van der Waals surface area contributed by atoms with Gasteiger partial charge in [0.1, 0.15) is 5.84 Å². The number of benzene rings is 1. The molecule has 6 heteroatoms. The summed E-state index contributed by atoms with van der Waals surface area (Å²) in [6.45, 7) is 1.95. The van der Waals surface area contributed by atoms with Gasteiger partial charge in [-0.05, 0) is 35.0 Å². The van der Waals surface area contributed by atoms with Gasteiger partial charge in [0.05, 0.1) is 16.3 Å². The summed E-state index contributed by atoms with van der Waals surface area (Å²) >= 11 is 3.08. The van der Waals surface area contributed by atoms with Crippen LogP contribution < -0.4 is 10.6 Å². The van der Waals surface area contributed by atoms with E-state index < -0.39 is 11.9 Å². The summed E-state index contributed by atoms with van der Waals surface area (Å²) in [4.78, 5) is 1.61. The van der Waals surface area contributed by atoms with Gasteiger partial charge in [-0.15, -0.1) is 0 Å². The summed E-state index contributed by atoms with van der Waals surface area (Å²) < 4.78 is 14.2. The number of halogens is 2. The van der Waals surface area contributed by atoms with Crippen molar-refractivity contribution in [2.45, 2.75) is 13.0 Å². The molecule has 4 nitrogen and oxygen atoms in total. The molecule has 1 atom stereocenters. The zero-order valence-corrected chi connectivity index (χ0v) is 11.3. The predicted octanol–water partition coefficient (Wildman–Crippen LogP) is 1.69. The molecule has 94 valence electrons. The van der Waals surface area contributed by atoms with Crippen molar-refractivity contribution in [3.63, 3.8) is 0 Å². The van der Waals surface area contributed by atoms with Crippen LogP contribution >= 0.6 is 15.9 Å². The van der Waals surface area contributed by atoms with Crippen molar-refractivity contribution in [2.75, 3.05) is 18.5 Å². The van der Waals surface area contributed by atoms with E-state index in [1.165, 1.54) is 0 Å². The van der Waals surface area contributed by atoms with Gasteiger partial charge in [-0.3, -0.25) is 5.41 Å². The quantitative estimate of drug-likeness (QED) is 0.585. The fourth-order valence-electron chi connectivity index (χ4n) is 1.54. The molecule has 4 N–H and O–H groups in total. The fraction of sp³-hybridized carbons (Fsp3) is 0.364. The second-order valence-corrected chi connectivity index (χ2v) is 4.70. The highest BCUT2D eigenvalue weighted by Gasteiger charge is 2.16. The van der Waals surface area contributed by atoms with Crippen LogP contribution in [0.25, 0.3) is 0 Å². The normalized spacial score (nSPS) is 12.3. The lowest BCUT2D eigenvalue weighted by atomic mass is 10.1. The van der Waals surface area contributed by atoms with Gasteiger partial charge in [0.25, 0.3) is 0 Å². The Balaban J connectivity index is 3.12. The molecule has 17 heavy (non-hydrogen) atoms. The number of nitrogen functional groups attached to an aromatic ring is 1. The SMILES string of the molecule is CC(O)CN(C)c1ccc(C(=N)N)c(Br)c1F. The van der Waals surface area contributed by atoms with E-state index in [9.17, 15) is 9.50 Å². The van der Waals surface area contributed by atoms with Crippen LogP contribution in [0.3, 0.4) is 0 Å². The monoisotopic (exact) mass is 303 g/mol. The molecule has 0 aliphatic carbocycles. The Bertz CT molecular complexity index is 437. The summed E-state index contributed by atoms with van der Waals surface area (Å²) in [6, 6.07) is 3.11. The molecule has 1 aromatic carbocycles. The molecule has 0 spiro atoms. The second-order valence-electron chi connectivity index (χ2n) is 3.90. The number of rotatable bonds is 4. The van der Waals surface area contributed by atoms with Gasteiger partial charge in [0.2, 0.25) is 0 Å². The van der Waals surface area contributed by atoms with Gasteiger partial charge in [0.15, 0.2) is 5.82 Å². The summed E-state index contributed by atoms with van der Waals surface area (Å²) in [6.07, 6.45) is -0.550. The first kappa shape index (κ1) is 13.9. The number of amidine groups is 1. The van der Waals surface area contributed by atoms with Crippen LogP contribution in [0, 0.1) is 11.2 Å². The molecule has 1 unspecified atom stereocenters. The van der Waals surface area contributed by atoms with Gasteiger partial charge in [0, 0.05) is 19.2 Å². The Morgan fingerprint density at radius 3 is 2.71 bits per heavy atom. The molecular formula is C11H15BrFN3O. The minimum atomic E-state index is -0.550. The van der Waals surface area contributed by atoms with E-state index in [1.54, 1.807) is 31.0 Å². The maximum atomic E-state index is 14.0.